The Bertz CT molecular complexity index is 195. The van der Waals surface area contributed by atoms with Gasteiger partial charge in [0.15, 0.2) is 0 Å². The largest absolute Gasteiger partial charge is 0.468 e. The van der Waals surface area contributed by atoms with E-state index in [4.69, 9.17) is 5.73 Å². The van der Waals surface area contributed by atoms with Gasteiger partial charge in [-0.15, -0.1) is 6.58 Å². The first-order chi connectivity index (χ1) is 6.57. The molecule has 0 aliphatic heterocycles. The Hall–Kier alpha value is -0.480. The van der Waals surface area contributed by atoms with Crippen LogP contribution in [0.5, 0.6) is 0 Å². The van der Waals surface area contributed by atoms with Crippen molar-refractivity contribution in [1.82, 2.24) is 0 Å². The molecule has 0 rings (SSSR count). The van der Waals surface area contributed by atoms with Gasteiger partial charge in [0.1, 0.15) is 6.04 Å². The van der Waals surface area contributed by atoms with Crippen molar-refractivity contribution in [3.63, 3.8) is 0 Å². The van der Waals surface area contributed by atoms with Crippen molar-refractivity contribution in [3.05, 3.63) is 12.2 Å². The second-order valence-electron chi connectivity index (χ2n) is 3.24. The number of ether oxygens (including phenoxy) is 1. The Morgan fingerprint density at radius 2 is 2.21 bits per heavy atom. The molecule has 0 aromatic heterocycles. The lowest BCUT2D eigenvalue weighted by Crippen LogP contribution is -2.32. The maximum absolute atomic E-state index is 10.9. The minimum absolute atomic E-state index is 0.328. The summed E-state index contributed by atoms with van der Waals surface area (Å²) in [4.78, 5) is 10.9. The molecule has 0 fully saturated rings. The van der Waals surface area contributed by atoms with E-state index < -0.39 is 6.04 Å². The number of esters is 1. The fourth-order valence-electron chi connectivity index (χ4n) is 0.828. The van der Waals surface area contributed by atoms with Crippen LogP contribution in [0.3, 0.4) is 0 Å². The lowest BCUT2D eigenvalue weighted by molar-refractivity contribution is -0.142. The molecule has 0 saturated heterocycles. The minimum atomic E-state index is -0.475. The summed E-state index contributed by atoms with van der Waals surface area (Å²) >= 11 is 1.79. The molecule has 0 amide bonds. The summed E-state index contributed by atoms with van der Waals surface area (Å²) in [5.74, 6) is 1.61. The van der Waals surface area contributed by atoms with Crippen LogP contribution < -0.4 is 5.73 Å². The molecule has 0 aromatic carbocycles. The van der Waals surface area contributed by atoms with Crippen molar-refractivity contribution < 1.29 is 9.53 Å². The van der Waals surface area contributed by atoms with E-state index in [2.05, 4.69) is 11.3 Å². The first kappa shape index (κ1) is 13.5. The van der Waals surface area contributed by atoms with Crippen LogP contribution in [-0.4, -0.2) is 30.6 Å². The highest BCUT2D eigenvalue weighted by atomic mass is 32.2. The molecule has 1 atom stereocenters. The van der Waals surface area contributed by atoms with Crippen molar-refractivity contribution in [3.8, 4) is 0 Å². The molecular weight excluding hydrogens is 198 g/mol. The lowest BCUT2D eigenvalue weighted by Gasteiger charge is -2.08. The van der Waals surface area contributed by atoms with Gasteiger partial charge >= 0.3 is 5.97 Å². The Morgan fingerprint density at radius 3 is 2.71 bits per heavy atom. The van der Waals surface area contributed by atoms with Crippen LogP contribution in [0.15, 0.2) is 12.2 Å². The van der Waals surface area contributed by atoms with Crippen LogP contribution in [0.1, 0.15) is 19.8 Å². The van der Waals surface area contributed by atoms with Crippen molar-refractivity contribution in [2.45, 2.75) is 25.8 Å². The average molecular weight is 217 g/mol. The van der Waals surface area contributed by atoms with E-state index in [-0.39, 0.29) is 5.97 Å². The van der Waals surface area contributed by atoms with Gasteiger partial charge in [-0.1, -0.05) is 5.57 Å². The summed E-state index contributed by atoms with van der Waals surface area (Å²) in [6.07, 6.45) is 1.70. The molecule has 0 heterocycles. The van der Waals surface area contributed by atoms with Crippen LogP contribution in [0.2, 0.25) is 0 Å². The van der Waals surface area contributed by atoms with Crippen molar-refractivity contribution in [2.24, 2.45) is 5.73 Å². The smallest absolute Gasteiger partial charge is 0.322 e. The molecule has 0 spiro atoms. The van der Waals surface area contributed by atoms with Gasteiger partial charge in [-0.25, -0.2) is 0 Å². The maximum Gasteiger partial charge on any atom is 0.322 e. The summed E-state index contributed by atoms with van der Waals surface area (Å²) in [5.41, 5.74) is 6.75. The third-order valence-corrected chi connectivity index (χ3v) is 2.77. The van der Waals surface area contributed by atoms with Crippen LogP contribution in [0.4, 0.5) is 0 Å². The molecule has 0 aliphatic carbocycles. The quantitative estimate of drug-likeness (QED) is 0.399. The highest BCUT2D eigenvalue weighted by Crippen LogP contribution is 2.09. The van der Waals surface area contributed by atoms with Gasteiger partial charge in [-0.05, 0) is 31.3 Å². The zero-order valence-electron chi connectivity index (χ0n) is 8.91. The molecule has 0 bridgehead atoms. The number of hydrogen-bond donors (Lipinski definition) is 1. The summed E-state index contributed by atoms with van der Waals surface area (Å²) < 4.78 is 4.52. The molecule has 3 nitrogen and oxygen atoms in total. The van der Waals surface area contributed by atoms with Gasteiger partial charge in [0, 0.05) is 0 Å². The molecule has 1 unspecified atom stereocenters. The number of hydrogen-bond acceptors (Lipinski definition) is 4. The Morgan fingerprint density at radius 1 is 1.57 bits per heavy atom. The molecule has 0 aromatic rings. The molecule has 4 heteroatoms. The summed E-state index contributed by atoms with van der Waals surface area (Å²) in [7, 11) is 1.36. The highest BCUT2D eigenvalue weighted by Gasteiger charge is 2.12. The van der Waals surface area contributed by atoms with E-state index in [1.165, 1.54) is 12.7 Å². The van der Waals surface area contributed by atoms with Crippen LogP contribution in [0, 0.1) is 0 Å². The number of rotatable bonds is 7. The SMILES string of the molecule is C=C(C)CCSCCC(N)C(=O)OC. The van der Waals surface area contributed by atoms with Crippen LogP contribution in [0.25, 0.3) is 0 Å². The summed E-state index contributed by atoms with van der Waals surface area (Å²) in [6.45, 7) is 5.83. The Labute approximate surface area is 90.1 Å². The molecular formula is C10H19NO2S. The zero-order chi connectivity index (χ0) is 11.0. The first-order valence-electron chi connectivity index (χ1n) is 4.63. The van der Waals surface area contributed by atoms with E-state index in [1.54, 1.807) is 11.8 Å². The molecule has 0 radical (unpaired) electrons. The fraction of sp³-hybridized carbons (Fsp3) is 0.700. The summed E-state index contributed by atoms with van der Waals surface area (Å²) in [5, 5.41) is 0. The number of allylic oxidation sites excluding steroid dienone is 1. The molecule has 0 saturated carbocycles. The van der Waals surface area contributed by atoms with Gasteiger partial charge in [-0.3, -0.25) is 4.79 Å². The molecule has 0 aliphatic rings. The first-order valence-corrected chi connectivity index (χ1v) is 5.79. The normalized spacial score (nSPS) is 12.2. The van der Waals surface area contributed by atoms with Gasteiger partial charge in [0.05, 0.1) is 7.11 Å². The molecule has 82 valence electrons. The maximum atomic E-state index is 10.9. The fourth-order valence-corrected chi connectivity index (χ4v) is 1.95. The Balaban J connectivity index is 3.36. The number of methoxy groups -OCH3 is 1. The highest BCUT2D eigenvalue weighted by molar-refractivity contribution is 7.99. The zero-order valence-corrected chi connectivity index (χ0v) is 9.73. The number of nitrogens with two attached hydrogens (primary N) is 1. The van der Waals surface area contributed by atoms with E-state index in [1.807, 2.05) is 6.92 Å². The average Bonchev–Trinajstić information content (AvgIpc) is 2.15. The van der Waals surface area contributed by atoms with E-state index in [0.717, 1.165) is 17.9 Å². The monoisotopic (exact) mass is 217 g/mol. The van der Waals surface area contributed by atoms with Gasteiger partial charge in [0.25, 0.3) is 0 Å². The summed E-state index contributed by atoms with van der Waals surface area (Å²) in [6, 6.07) is -0.475. The number of carbonyl (C=O) groups excluding carboxylic acids is 1. The second-order valence-corrected chi connectivity index (χ2v) is 4.46. The van der Waals surface area contributed by atoms with Crippen LogP contribution >= 0.6 is 11.8 Å². The van der Waals surface area contributed by atoms with Gasteiger partial charge in [-0.2, -0.15) is 11.8 Å². The molecule has 14 heavy (non-hydrogen) atoms. The third kappa shape index (κ3) is 6.97. The minimum Gasteiger partial charge on any atom is -0.468 e. The van der Waals surface area contributed by atoms with E-state index >= 15 is 0 Å². The predicted octanol–water partition coefficient (Wildman–Crippen LogP) is 1.58. The number of carbonyl (C=O) groups is 1. The third-order valence-electron chi connectivity index (χ3n) is 1.75. The predicted molar refractivity (Wildman–Crippen MR) is 61.4 cm³/mol. The Kier molecular flexibility index (Phi) is 7.61. The van der Waals surface area contributed by atoms with E-state index in [9.17, 15) is 4.79 Å². The van der Waals surface area contributed by atoms with Gasteiger partial charge < -0.3 is 10.5 Å². The van der Waals surface area contributed by atoms with Crippen molar-refractivity contribution in [1.29, 1.82) is 0 Å². The molecule has 2 N–H and O–H groups in total. The van der Waals surface area contributed by atoms with Gasteiger partial charge in [0.2, 0.25) is 0 Å². The van der Waals surface area contributed by atoms with Crippen molar-refractivity contribution in [2.75, 3.05) is 18.6 Å². The topological polar surface area (TPSA) is 52.3 Å². The second kappa shape index (κ2) is 7.88. The van der Waals surface area contributed by atoms with Crippen LogP contribution in [-0.2, 0) is 9.53 Å². The number of thioether (sulfide) groups is 1. The van der Waals surface area contributed by atoms with Crippen molar-refractivity contribution >= 4 is 17.7 Å². The lowest BCUT2D eigenvalue weighted by atomic mass is 10.2. The van der Waals surface area contributed by atoms with E-state index in [0.29, 0.717) is 6.42 Å². The standard InChI is InChI=1S/C10H19NO2S/c1-8(2)4-6-14-7-5-9(11)10(12)13-3/h9H,1,4-7,11H2,2-3H3.